The van der Waals surface area contributed by atoms with Gasteiger partial charge in [0.05, 0.1) is 6.21 Å². The van der Waals surface area contributed by atoms with E-state index >= 15 is 0 Å². The van der Waals surface area contributed by atoms with Gasteiger partial charge in [-0.05, 0) is 22.9 Å². The third kappa shape index (κ3) is 2.84. The van der Waals surface area contributed by atoms with Crippen LogP contribution in [0.2, 0.25) is 0 Å². The van der Waals surface area contributed by atoms with Gasteiger partial charge < -0.3 is 0 Å². The molecule has 0 aliphatic heterocycles. The van der Waals surface area contributed by atoms with Crippen molar-refractivity contribution >= 4 is 28.1 Å². The van der Waals surface area contributed by atoms with Crippen LogP contribution >= 0.6 is 15.9 Å². The number of hydrogen-bond acceptors (Lipinski definition) is 5. The van der Waals surface area contributed by atoms with E-state index in [9.17, 15) is 0 Å². The fourth-order valence-corrected chi connectivity index (χ4v) is 1.19. The molecule has 6 nitrogen and oxygen atoms in total. The maximum absolute atomic E-state index is 3.94. The van der Waals surface area contributed by atoms with E-state index < -0.39 is 0 Å². The Bertz CT molecular complexity index is 435. The highest BCUT2D eigenvalue weighted by Gasteiger charge is 1.92. The zero-order chi connectivity index (χ0) is 10.5. The van der Waals surface area contributed by atoms with Crippen LogP contribution in [0, 0.1) is 0 Å². The number of H-pyrrole nitrogens is 1. The molecule has 0 fully saturated rings. The molecular formula is C8H7BrN6. The monoisotopic (exact) mass is 266 g/mol. The largest absolute Gasteiger partial charge is 0.283 e. The van der Waals surface area contributed by atoms with Crippen LogP contribution in [0.5, 0.6) is 0 Å². The lowest BCUT2D eigenvalue weighted by molar-refractivity contribution is 0.881. The van der Waals surface area contributed by atoms with Gasteiger partial charge in [-0.25, -0.2) is 5.43 Å². The van der Waals surface area contributed by atoms with Gasteiger partial charge in [-0.15, -0.1) is 5.10 Å². The van der Waals surface area contributed by atoms with Crippen molar-refractivity contribution in [2.45, 2.75) is 0 Å². The molecule has 76 valence electrons. The molecule has 2 N–H and O–H groups in total. The van der Waals surface area contributed by atoms with Crippen LogP contribution in [-0.2, 0) is 0 Å². The molecule has 0 amide bonds. The van der Waals surface area contributed by atoms with Crippen molar-refractivity contribution < 1.29 is 0 Å². The zero-order valence-corrected chi connectivity index (χ0v) is 9.14. The van der Waals surface area contributed by atoms with E-state index in [1.807, 2.05) is 24.3 Å². The van der Waals surface area contributed by atoms with E-state index in [0.29, 0.717) is 5.95 Å². The predicted molar refractivity (Wildman–Crippen MR) is 59.5 cm³/mol. The lowest BCUT2D eigenvalue weighted by atomic mass is 10.2. The molecule has 0 saturated carbocycles. The molecule has 0 aliphatic rings. The summed E-state index contributed by atoms with van der Waals surface area (Å²) in [6.07, 6.45) is 1.67. The molecule has 1 heterocycles. The number of tetrazole rings is 1. The van der Waals surface area contributed by atoms with Gasteiger partial charge in [0.1, 0.15) is 0 Å². The summed E-state index contributed by atoms with van der Waals surface area (Å²) in [6, 6.07) is 7.75. The maximum atomic E-state index is 3.94. The number of aromatic nitrogens is 4. The Morgan fingerprint density at radius 2 is 2.13 bits per heavy atom. The summed E-state index contributed by atoms with van der Waals surface area (Å²) in [5.41, 5.74) is 3.61. The molecule has 2 rings (SSSR count). The van der Waals surface area contributed by atoms with Gasteiger partial charge in [0, 0.05) is 4.47 Å². The highest BCUT2D eigenvalue weighted by molar-refractivity contribution is 9.10. The minimum absolute atomic E-state index is 0.336. The van der Waals surface area contributed by atoms with Gasteiger partial charge in [-0.1, -0.05) is 33.2 Å². The second kappa shape index (κ2) is 4.65. The molecular weight excluding hydrogens is 260 g/mol. The van der Waals surface area contributed by atoms with Gasteiger partial charge in [0.25, 0.3) is 5.95 Å². The summed E-state index contributed by atoms with van der Waals surface area (Å²) in [4.78, 5) is 0. The highest BCUT2D eigenvalue weighted by atomic mass is 79.9. The first kappa shape index (κ1) is 9.78. The first-order chi connectivity index (χ1) is 7.34. The van der Waals surface area contributed by atoms with Gasteiger partial charge >= 0.3 is 0 Å². The van der Waals surface area contributed by atoms with Crippen LogP contribution in [0.4, 0.5) is 5.95 Å². The van der Waals surface area contributed by atoms with Crippen LogP contribution < -0.4 is 5.43 Å². The Kier molecular flexibility index (Phi) is 3.03. The second-order valence-electron chi connectivity index (χ2n) is 2.66. The van der Waals surface area contributed by atoms with Gasteiger partial charge in [-0.3, -0.25) is 0 Å². The summed E-state index contributed by atoms with van der Waals surface area (Å²) in [7, 11) is 0. The SMILES string of the molecule is Brc1ccc(/C=N/Nc2nn[nH]n2)cc1. The summed E-state index contributed by atoms with van der Waals surface area (Å²) < 4.78 is 1.03. The molecule has 0 aliphatic carbocycles. The van der Waals surface area contributed by atoms with E-state index in [4.69, 9.17) is 0 Å². The van der Waals surface area contributed by atoms with Crippen LogP contribution in [0.15, 0.2) is 33.8 Å². The number of anilines is 1. The number of halogens is 1. The van der Waals surface area contributed by atoms with Crippen molar-refractivity contribution in [1.82, 2.24) is 20.6 Å². The Hall–Kier alpha value is -1.76. The summed E-state index contributed by atoms with van der Waals surface area (Å²) >= 11 is 3.35. The minimum atomic E-state index is 0.336. The van der Waals surface area contributed by atoms with Crippen molar-refractivity contribution in [3.8, 4) is 0 Å². The molecule has 15 heavy (non-hydrogen) atoms. The first-order valence-electron chi connectivity index (χ1n) is 4.13. The third-order valence-electron chi connectivity index (χ3n) is 1.59. The van der Waals surface area contributed by atoms with E-state index in [1.165, 1.54) is 0 Å². The van der Waals surface area contributed by atoms with E-state index in [-0.39, 0.29) is 0 Å². The van der Waals surface area contributed by atoms with E-state index in [2.05, 4.69) is 47.1 Å². The van der Waals surface area contributed by atoms with Crippen molar-refractivity contribution in [2.24, 2.45) is 5.10 Å². The van der Waals surface area contributed by atoms with Crippen LogP contribution in [0.3, 0.4) is 0 Å². The molecule has 7 heteroatoms. The smallest absolute Gasteiger partial charge is 0.243 e. The van der Waals surface area contributed by atoms with Crippen molar-refractivity contribution in [2.75, 3.05) is 5.43 Å². The quantitative estimate of drug-likeness (QED) is 0.651. The lowest BCUT2D eigenvalue weighted by Crippen LogP contribution is -1.92. The lowest BCUT2D eigenvalue weighted by Gasteiger charge is -1.93. The standard InChI is InChI=1S/C8H7BrN6/c9-7-3-1-6(2-4-7)5-10-11-8-12-14-15-13-8/h1-5H,(H2,11,12,13,14,15)/b10-5+. The molecule has 1 aromatic carbocycles. The number of nitrogens with zero attached hydrogens (tertiary/aromatic N) is 4. The number of nitrogens with one attached hydrogen (secondary N) is 2. The fourth-order valence-electron chi connectivity index (χ4n) is 0.923. The summed E-state index contributed by atoms with van der Waals surface area (Å²) in [5, 5.41) is 17.0. The molecule has 0 atom stereocenters. The van der Waals surface area contributed by atoms with E-state index in [0.717, 1.165) is 10.0 Å². The topological polar surface area (TPSA) is 78.9 Å². The van der Waals surface area contributed by atoms with Crippen molar-refractivity contribution in [1.29, 1.82) is 0 Å². The Balaban J connectivity index is 1.97. The molecule has 0 spiro atoms. The molecule has 0 unspecified atom stereocenters. The first-order valence-corrected chi connectivity index (χ1v) is 4.92. The number of hydrazone groups is 1. The third-order valence-corrected chi connectivity index (χ3v) is 2.12. The summed E-state index contributed by atoms with van der Waals surface area (Å²) in [6.45, 7) is 0. The Morgan fingerprint density at radius 1 is 1.33 bits per heavy atom. The highest BCUT2D eigenvalue weighted by Crippen LogP contribution is 2.08. The number of aromatic amines is 1. The van der Waals surface area contributed by atoms with Crippen molar-refractivity contribution in [3.63, 3.8) is 0 Å². The van der Waals surface area contributed by atoms with Gasteiger partial charge in [-0.2, -0.15) is 10.3 Å². The van der Waals surface area contributed by atoms with Gasteiger partial charge in [0.2, 0.25) is 0 Å². The molecule has 0 saturated heterocycles. The van der Waals surface area contributed by atoms with Gasteiger partial charge in [0.15, 0.2) is 0 Å². The fraction of sp³-hybridized carbons (Fsp3) is 0. The average Bonchev–Trinajstić information content (AvgIpc) is 2.74. The number of hydrogen-bond donors (Lipinski definition) is 2. The molecule has 1 aromatic heterocycles. The second-order valence-corrected chi connectivity index (χ2v) is 3.57. The van der Waals surface area contributed by atoms with Crippen LogP contribution in [0.1, 0.15) is 5.56 Å². The normalized spacial score (nSPS) is 10.7. The number of benzene rings is 1. The number of rotatable bonds is 3. The predicted octanol–water partition coefficient (Wildman–Crippen LogP) is 1.41. The molecule has 0 radical (unpaired) electrons. The van der Waals surface area contributed by atoms with Crippen molar-refractivity contribution in [3.05, 3.63) is 34.3 Å². The Morgan fingerprint density at radius 3 is 2.80 bits per heavy atom. The molecule has 0 bridgehead atoms. The average molecular weight is 267 g/mol. The summed E-state index contributed by atoms with van der Waals surface area (Å²) in [5.74, 6) is 0.336. The van der Waals surface area contributed by atoms with E-state index in [1.54, 1.807) is 6.21 Å². The zero-order valence-electron chi connectivity index (χ0n) is 7.55. The molecule has 2 aromatic rings. The van der Waals surface area contributed by atoms with Crippen LogP contribution in [-0.4, -0.2) is 26.8 Å². The Labute approximate surface area is 93.9 Å². The maximum Gasteiger partial charge on any atom is 0.283 e. The minimum Gasteiger partial charge on any atom is -0.243 e. The van der Waals surface area contributed by atoms with Crippen LogP contribution in [0.25, 0.3) is 0 Å².